The van der Waals surface area contributed by atoms with E-state index in [0.29, 0.717) is 6.42 Å². The van der Waals surface area contributed by atoms with Gasteiger partial charge in [-0.05, 0) is 36.2 Å². The van der Waals surface area contributed by atoms with Crippen molar-refractivity contribution < 1.29 is 9.50 Å². The van der Waals surface area contributed by atoms with Crippen LogP contribution in [-0.2, 0) is 6.54 Å². The normalized spacial score (nSPS) is 12.6. The average Bonchev–Trinajstić information content (AvgIpc) is 2.52. The van der Waals surface area contributed by atoms with E-state index in [1.165, 1.54) is 17.7 Å². The van der Waals surface area contributed by atoms with Gasteiger partial charge >= 0.3 is 0 Å². The lowest BCUT2D eigenvalue weighted by atomic mass is 10.1. The van der Waals surface area contributed by atoms with E-state index in [-0.39, 0.29) is 5.82 Å². The van der Waals surface area contributed by atoms with Crippen LogP contribution in [0.3, 0.4) is 0 Å². The minimum atomic E-state index is -0.546. The highest BCUT2D eigenvalue weighted by Crippen LogP contribution is 2.18. The molecule has 2 nitrogen and oxygen atoms in total. The second-order valence-electron chi connectivity index (χ2n) is 5.21. The van der Waals surface area contributed by atoms with Crippen molar-refractivity contribution in [2.75, 3.05) is 13.1 Å². The quantitative estimate of drug-likeness (QED) is 0.838. The van der Waals surface area contributed by atoms with Crippen LogP contribution in [0.25, 0.3) is 0 Å². The van der Waals surface area contributed by atoms with Crippen LogP contribution in [-0.4, -0.2) is 23.1 Å². The van der Waals surface area contributed by atoms with E-state index in [2.05, 4.69) is 24.0 Å². The van der Waals surface area contributed by atoms with Crippen LogP contribution in [0, 0.1) is 5.82 Å². The maximum absolute atomic E-state index is 12.9. The molecule has 2 rings (SSSR count). The van der Waals surface area contributed by atoms with Crippen molar-refractivity contribution in [3.05, 3.63) is 71.5 Å². The van der Waals surface area contributed by atoms with Crippen LogP contribution in [0.15, 0.2) is 54.6 Å². The second-order valence-corrected chi connectivity index (χ2v) is 5.21. The minimum Gasteiger partial charge on any atom is -0.388 e. The Kier molecular flexibility index (Phi) is 5.90. The van der Waals surface area contributed by atoms with Gasteiger partial charge in [-0.1, -0.05) is 49.4 Å². The van der Waals surface area contributed by atoms with Crippen molar-refractivity contribution in [3.63, 3.8) is 0 Å². The number of halogens is 1. The molecule has 0 amide bonds. The molecule has 2 aromatic carbocycles. The number of hydrogen-bond acceptors (Lipinski definition) is 2. The van der Waals surface area contributed by atoms with Crippen molar-refractivity contribution in [3.8, 4) is 0 Å². The van der Waals surface area contributed by atoms with Crippen molar-refractivity contribution >= 4 is 0 Å². The van der Waals surface area contributed by atoms with Gasteiger partial charge in [-0.25, -0.2) is 4.39 Å². The molecular weight excluding hydrogens is 265 g/mol. The van der Waals surface area contributed by atoms with Crippen LogP contribution < -0.4 is 0 Å². The number of benzene rings is 2. The second kappa shape index (κ2) is 7.91. The summed E-state index contributed by atoms with van der Waals surface area (Å²) < 4.78 is 12.9. The number of aliphatic hydroxyl groups is 1. The molecule has 1 unspecified atom stereocenters. The van der Waals surface area contributed by atoms with E-state index >= 15 is 0 Å². The van der Waals surface area contributed by atoms with Crippen molar-refractivity contribution in [2.24, 2.45) is 0 Å². The van der Waals surface area contributed by atoms with Crippen LogP contribution in [0.2, 0.25) is 0 Å². The lowest BCUT2D eigenvalue weighted by Gasteiger charge is -2.22. The van der Waals surface area contributed by atoms with Gasteiger partial charge in [-0.2, -0.15) is 0 Å². The first-order valence-corrected chi connectivity index (χ1v) is 7.39. The predicted molar refractivity (Wildman–Crippen MR) is 83.4 cm³/mol. The van der Waals surface area contributed by atoms with E-state index in [1.807, 2.05) is 18.2 Å². The van der Waals surface area contributed by atoms with Crippen LogP contribution in [0.4, 0.5) is 4.39 Å². The Morgan fingerprint density at radius 2 is 1.71 bits per heavy atom. The lowest BCUT2D eigenvalue weighted by Crippen LogP contribution is -2.25. The Bertz CT molecular complexity index is 527. The van der Waals surface area contributed by atoms with E-state index in [1.54, 1.807) is 12.1 Å². The summed E-state index contributed by atoms with van der Waals surface area (Å²) in [6.45, 7) is 4.75. The Morgan fingerprint density at radius 1 is 1.05 bits per heavy atom. The molecule has 21 heavy (non-hydrogen) atoms. The van der Waals surface area contributed by atoms with Gasteiger partial charge in [0.15, 0.2) is 0 Å². The van der Waals surface area contributed by atoms with Gasteiger partial charge in [-0.3, -0.25) is 4.90 Å². The van der Waals surface area contributed by atoms with Crippen molar-refractivity contribution in [1.29, 1.82) is 0 Å². The third-order valence-electron chi connectivity index (χ3n) is 3.67. The maximum Gasteiger partial charge on any atom is 0.123 e. The van der Waals surface area contributed by atoms with Gasteiger partial charge in [-0.15, -0.1) is 0 Å². The summed E-state index contributed by atoms with van der Waals surface area (Å²) in [5.74, 6) is -0.273. The molecule has 0 saturated heterocycles. The molecule has 1 N–H and O–H groups in total. The summed E-state index contributed by atoms with van der Waals surface area (Å²) in [7, 11) is 0. The number of hydrogen-bond donors (Lipinski definition) is 1. The fourth-order valence-corrected chi connectivity index (χ4v) is 2.35. The zero-order valence-corrected chi connectivity index (χ0v) is 12.4. The highest BCUT2D eigenvalue weighted by atomic mass is 19.1. The summed E-state index contributed by atoms with van der Waals surface area (Å²) >= 11 is 0. The summed E-state index contributed by atoms with van der Waals surface area (Å²) in [5, 5.41) is 10.2. The smallest absolute Gasteiger partial charge is 0.123 e. The Labute approximate surface area is 125 Å². The molecule has 2 aromatic rings. The minimum absolute atomic E-state index is 0.273. The third-order valence-corrected chi connectivity index (χ3v) is 3.67. The molecule has 0 radical (unpaired) electrons. The molecule has 0 aliphatic heterocycles. The van der Waals surface area contributed by atoms with Gasteiger partial charge in [0.05, 0.1) is 6.10 Å². The Morgan fingerprint density at radius 3 is 2.33 bits per heavy atom. The summed E-state index contributed by atoms with van der Waals surface area (Å²) in [4.78, 5) is 2.29. The van der Waals surface area contributed by atoms with E-state index in [4.69, 9.17) is 0 Å². The van der Waals surface area contributed by atoms with E-state index < -0.39 is 6.10 Å². The maximum atomic E-state index is 12.9. The average molecular weight is 287 g/mol. The highest BCUT2D eigenvalue weighted by Gasteiger charge is 2.10. The SMILES string of the molecule is CCN(CCC(O)c1ccc(F)cc1)Cc1ccccc1. The molecule has 0 heterocycles. The third kappa shape index (κ3) is 4.96. The van der Waals surface area contributed by atoms with Crippen LogP contribution >= 0.6 is 0 Å². The molecule has 112 valence electrons. The highest BCUT2D eigenvalue weighted by molar-refractivity contribution is 5.18. The summed E-state index contributed by atoms with van der Waals surface area (Å²) in [5.41, 5.74) is 2.04. The number of aliphatic hydroxyl groups excluding tert-OH is 1. The van der Waals surface area contributed by atoms with E-state index in [9.17, 15) is 9.50 Å². The van der Waals surface area contributed by atoms with Gasteiger partial charge in [0.2, 0.25) is 0 Å². The zero-order chi connectivity index (χ0) is 15.1. The van der Waals surface area contributed by atoms with Crippen molar-refractivity contribution in [1.82, 2.24) is 4.90 Å². The topological polar surface area (TPSA) is 23.5 Å². The molecular formula is C18H22FNO. The molecule has 0 aromatic heterocycles. The number of nitrogens with zero attached hydrogens (tertiary/aromatic N) is 1. The molecule has 0 saturated carbocycles. The first-order valence-electron chi connectivity index (χ1n) is 7.39. The predicted octanol–water partition coefficient (Wildman–Crippen LogP) is 3.77. The molecule has 0 fully saturated rings. The molecule has 3 heteroatoms. The fraction of sp³-hybridized carbons (Fsp3) is 0.333. The van der Waals surface area contributed by atoms with E-state index in [0.717, 1.165) is 25.2 Å². The monoisotopic (exact) mass is 287 g/mol. The molecule has 0 aliphatic carbocycles. The Balaban J connectivity index is 1.86. The number of rotatable bonds is 7. The van der Waals surface area contributed by atoms with Gasteiger partial charge in [0.1, 0.15) is 5.82 Å². The van der Waals surface area contributed by atoms with Gasteiger partial charge in [0, 0.05) is 13.1 Å². The van der Waals surface area contributed by atoms with Gasteiger partial charge < -0.3 is 5.11 Å². The summed E-state index contributed by atoms with van der Waals surface area (Å²) in [6, 6.07) is 16.4. The largest absolute Gasteiger partial charge is 0.388 e. The molecule has 0 aliphatic rings. The van der Waals surface area contributed by atoms with Crippen LogP contribution in [0.5, 0.6) is 0 Å². The molecule has 0 bridgehead atoms. The fourth-order valence-electron chi connectivity index (χ4n) is 2.35. The van der Waals surface area contributed by atoms with Gasteiger partial charge in [0.25, 0.3) is 0 Å². The van der Waals surface area contributed by atoms with Crippen LogP contribution in [0.1, 0.15) is 30.6 Å². The Hall–Kier alpha value is -1.71. The zero-order valence-electron chi connectivity index (χ0n) is 12.4. The first kappa shape index (κ1) is 15.7. The first-order chi connectivity index (χ1) is 10.2. The van der Waals surface area contributed by atoms with Crippen molar-refractivity contribution in [2.45, 2.75) is 26.0 Å². The standard InChI is InChI=1S/C18H22FNO/c1-2-20(14-15-6-4-3-5-7-15)13-12-18(21)16-8-10-17(19)11-9-16/h3-11,18,21H,2,12-14H2,1H3. The molecule has 0 spiro atoms. The molecule has 1 atom stereocenters. The lowest BCUT2D eigenvalue weighted by molar-refractivity contribution is 0.141. The summed E-state index contributed by atoms with van der Waals surface area (Å²) in [6.07, 6.45) is 0.0992.